The van der Waals surface area contributed by atoms with Crippen molar-refractivity contribution in [2.45, 2.75) is 40.5 Å². The number of thiazole rings is 1. The molecule has 0 fully saturated rings. The molecule has 3 rings (SSSR count). The van der Waals surface area contributed by atoms with Gasteiger partial charge in [0.1, 0.15) is 11.4 Å². The van der Waals surface area contributed by atoms with E-state index in [2.05, 4.69) is 53.2 Å². The first-order valence-electron chi connectivity index (χ1n) is 8.43. The average molecular weight is 350 g/mol. The molecule has 0 aliphatic heterocycles. The second-order valence-corrected chi connectivity index (χ2v) is 7.07. The molecular formula is C20H22N4S. The van der Waals surface area contributed by atoms with E-state index in [1.54, 1.807) is 23.7 Å². The molecule has 0 radical (unpaired) electrons. The van der Waals surface area contributed by atoms with Crippen molar-refractivity contribution in [3.05, 3.63) is 57.3 Å². The van der Waals surface area contributed by atoms with E-state index in [9.17, 15) is 0 Å². The van der Waals surface area contributed by atoms with Crippen molar-refractivity contribution in [1.29, 1.82) is 0 Å². The fourth-order valence-corrected chi connectivity index (χ4v) is 3.39. The Morgan fingerprint density at radius 1 is 1.04 bits per heavy atom. The van der Waals surface area contributed by atoms with Crippen LogP contribution >= 0.6 is 11.3 Å². The minimum Gasteiger partial charge on any atom is -0.261 e. The second-order valence-electron chi connectivity index (χ2n) is 6.13. The van der Waals surface area contributed by atoms with E-state index in [0.29, 0.717) is 0 Å². The van der Waals surface area contributed by atoms with Gasteiger partial charge in [0.15, 0.2) is 0 Å². The summed E-state index contributed by atoms with van der Waals surface area (Å²) in [7, 11) is 0. The molecule has 5 heteroatoms. The summed E-state index contributed by atoms with van der Waals surface area (Å²) in [6, 6.07) is 4.39. The van der Waals surface area contributed by atoms with Crippen LogP contribution in [0.2, 0.25) is 0 Å². The summed E-state index contributed by atoms with van der Waals surface area (Å²) in [5, 5.41) is 3.14. The number of hydrogen-bond acceptors (Lipinski definition) is 5. The van der Waals surface area contributed by atoms with Crippen LogP contribution in [-0.2, 0) is 6.42 Å². The van der Waals surface area contributed by atoms with Gasteiger partial charge in [-0.05, 0) is 49.9 Å². The van der Waals surface area contributed by atoms with Crippen LogP contribution in [0, 0.1) is 20.8 Å². The maximum atomic E-state index is 4.73. The molecule has 3 aromatic rings. The van der Waals surface area contributed by atoms with Crippen LogP contribution < -0.4 is 0 Å². The molecular weight excluding hydrogens is 328 g/mol. The zero-order valence-electron chi connectivity index (χ0n) is 15.1. The maximum absolute atomic E-state index is 4.73. The first kappa shape index (κ1) is 17.4. The van der Waals surface area contributed by atoms with E-state index in [0.717, 1.165) is 40.6 Å². The third-order valence-corrected chi connectivity index (χ3v) is 4.85. The van der Waals surface area contributed by atoms with Gasteiger partial charge in [0, 0.05) is 24.2 Å². The molecule has 0 amide bonds. The van der Waals surface area contributed by atoms with Crippen LogP contribution in [0.15, 0.2) is 34.9 Å². The minimum absolute atomic E-state index is 0.824. The molecule has 0 bridgehead atoms. The third kappa shape index (κ3) is 4.17. The highest BCUT2D eigenvalue weighted by molar-refractivity contribution is 7.10. The molecule has 25 heavy (non-hydrogen) atoms. The van der Waals surface area contributed by atoms with Gasteiger partial charge in [-0.2, -0.15) is 0 Å². The highest BCUT2D eigenvalue weighted by Gasteiger charge is 2.10. The summed E-state index contributed by atoms with van der Waals surface area (Å²) in [4.78, 5) is 18.0. The number of aromatic nitrogens is 3. The van der Waals surface area contributed by atoms with Gasteiger partial charge in [-0.25, -0.2) is 4.98 Å². The van der Waals surface area contributed by atoms with E-state index >= 15 is 0 Å². The maximum Gasteiger partial charge on any atom is 0.108 e. The van der Waals surface area contributed by atoms with Gasteiger partial charge < -0.3 is 0 Å². The fourth-order valence-electron chi connectivity index (χ4n) is 2.58. The van der Waals surface area contributed by atoms with E-state index in [4.69, 9.17) is 4.98 Å². The smallest absolute Gasteiger partial charge is 0.108 e. The highest BCUT2D eigenvalue weighted by Crippen LogP contribution is 2.27. The Balaban J connectivity index is 1.82. The molecule has 0 aliphatic rings. The lowest BCUT2D eigenvalue weighted by Gasteiger charge is -2.08. The predicted molar refractivity (Wildman–Crippen MR) is 105 cm³/mol. The third-order valence-electron chi connectivity index (χ3n) is 4.00. The Bertz CT molecular complexity index is 895. The topological polar surface area (TPSA) is 51.0 Å². The molecule has 2 aromatic heterocycles. The first-order chi connectivity index (χ1) is 12.1. The van der Waals surface area contributed by atoms with Gasteiger partial charge >= 0.3 is 0 Å². The monoisotopic (exact) mass is 350 g/mol. The standard InChI is InChI=1S/C20H22N4S/c1-5-6-21-17-8-13(2)16(7-14(17)3)9-20-24-19(12-25-20)18-11-22-15(4)10-23-18/h6-8,10-12H,5,9H2,1-4H3. The molecule has 0 atom stereocenters. The van der Waals surface area contributed by atoms with Crippen molar-refractivity contribution in [2.24, 2.45) is 4.99 Å². The zero-order valence-corrected chi connectivity index (χ0v) is 15.9. The lowest BCUT2D eigenvalue weighted by molar-refractivity contribution is 1.08. The van der Waals surface area contributed by atoms with Crippen LogP contribution in [0.3, 0.4) is 0 Å². The van der Waals surface area contributed by atoms with Gasteiger partial charge in [-0.1, -0.05) is 13.0 Å². The predicted octanol–water partition coefficient (Wildman–Crippen LogP) is 5.23. The number of aryl methyl sites for hydroxylation is 3. The molecule has 0 unspecified atom stereocenters. The van der Waals surface area contributed by atoms with Crippen LogP contribution in [0.1, 0.15) is 40.7 Å². The normalized spacial score (nSPS) is 11.4. The highest BCUT2D eigenvalue weighted by atomic mass is 32.1. The number of hydrogen-bond donors (Lipinski definition) is 0. The molecule has 4 nitrogen and oxygen atoms in total. The van der Waals surface area contributed by atoms with Crippen molar-refractivity contribution in [1.82, 2.24) is 15.0 Å². The number of rotatable bonds is 5. The summed E-state index contributed by atoms with van der Waals surface area (Å²) < 4.78 is 0. The largest absolute Gasteiger partial charge is 0.261 e. The van der Waals surface area contributed by atoms with Crippen LogP contribution in [-0.4, -0.2) is 21.2 Å². The second kappa shape index (κ2) is 7.66. The number of benzene rings is 1. The zero-order chi connectivity index (χ0) is 17.8. The van der Waals surface area contributed by atoms with E-state index in [1.807, 2.05) is 13.1 Å². The van der Waals surface area contributed by atoms with E-state index < -0.39 is 0 Å². The quantitative estimate of drug-likeness (QED) is 0.592. The minimum atomic E-state index is 0.824. The Labute approximate surface area is 152 Å². The van der Waals surface area contributed by atoms with Crippen molar-refractivity contribution in [3.63, 3.8) is 0 Å². The van der Waals surface area contributed by atoms with Crippen LogP contribution in [0.4, 0.5) is 5.69 Å². The lowest BCUT2D eigenvalue weighted by Crippen LogP contribution is -1.94. The Hall–Kier alpha value is -2.40. The van der Waals surface area contributed by atoms with E-state index in [1.165, 1.54) is 16.7 Å². The van der Waals surface area contributed by atoms with Gasteiger partial charge in [-0.3, -0.25) is 15.0 Å². The van der Waals surface area contributed by atoms with Crippen LogP contribution in [0.25, 0.3) is 11.4 Å². The summed E-state index contributed by atoms with van der Waals surface area (Å²) in [6.07, 6.45) is 7.29. The Morgan fingerprint density at radius 2 is 1.88 bits per heavy atom. The summed E-state index contributed by atoms with van der Waals surface area (Å²) in [5.41, 5.74) is 7.43. The molecule has 0 N–H and O–H groups in total. The van der Waals surface area contributed by atoms with Gasteiger partial charge in [0.2, 0.25) is 0 Å². The Morgan fingerprint density at radius 3 is 2.60 bits per heavy atom. The summed E-state index contributed by atoms with van der Waals surface area (Å²) in [5.74, 6) is 0. The fraction of sp³-hybridized carbons (Fsp3) is 0.300. The summed E-state index contributed by atoms with van der Waals surface area (Å²) in [6.45, 7) is 8.28. The molecule has 1 aromatic carbocycles. The average Bonchev–Trinajstić information content (AvgIpc) is 3.06. The first-order valence-corrected chi connectivity index (χ1v) is 9.31. The van der Waals surface area contributed by atoms with Gasteiger partial charge in [0.25, 0.3) is 0 Å². The lowest BCUT2D eigenvalue weighted by atomic mass is 10.0. The van der Waals surface area contributed by atoms with Crippen molar-refractivity contribution < 1.29 is 0 Å². The van der Waals surface area contributed by atoms with E-state index in [-0.39, 0.29) is 0 Å². The molecule has 0 saturated carbocycles. The van der Waals surface area contributed by atoms with Crippen molar-refractivity contribution in [2.75, 3.05) is 0 Å². The molecule has 0 spiro atoms. The van der Waals surface area contributed by atoms with Gasteiger partial charge in [0.05, 0.1) is 22.6 Å². The summed E-state index contributed by atoms with van der Waals surface area (Å²) >= 11 is 1.67. The number of nitrogens with zero attached hydrogens (tertiary/aromatic N) is 4. The van der Waals surface area contributed by atoms with Crippen LogP contribution in [0.5, 0.6) is 0 Å². The van der Waals surface area contributed by atoms with Crippen molar-refractivity contribution >= 4 is 23.2 Å². The Kier molecular flexibility index (Phi) is 5.34. The molecule has 0 saturated heterocycles. The van der Waals surface area contributed by atoms with Gasteiger partial charge in [-0.15, -0.1) is 11.3 Å². The molecule has 128 valence electrons. The number of aliphatic imine (C=N–C) groups is 1. The molecule has 0 aliphatic carbocycles. The SMILES string of the molecule is CCC=Nc1cc(C)c(Cc2nc(-c3cnc(C)cn3)cs2)cc1C. The molecule has 2 heterocycles. The van der Waals surface area contributed by atoms with Crippen molar-refractivity contribution in [3.8, 4) is 11.4 Å².